The SMILES string of the molecule is Cc1nn(-c2ccc(Cl)cc2)c2sc(C(=O)OCC(=O)N[C@@H](C)c3ccccc3)cc12. The molecule has 0 spiro atoms. The number of halogens is 1. The number of aromatic nitrogens is 2. The van der Waals surface area contributed by atoms with Crippen LogP contribution in [-0.2, 0) is 9.53 Å². The van der Waals surface area contributed by atoms with Crippen LogP contribution in [0.25, 0.3) is 15.9 Å². The molecule has 0 fully saturated rings. The number of rotatable bonds is 6. The second kappa shape index (κ2) is 8.91. The van der Waals surface area contributed by atoms with E-state index >= 15 is 0 Å². The summed E-state index contributed by atoms with van der Waals surface area (Å²) in [6.07, 6.45) is 0. The topological polar surface area (TPSA) is 73.2 Å². The summed E-state index contributed by atoms with van der Waals surface area (Å²) in [6, 6.07) is 18.5. The molecule has 8 heteroatoms. The summed E-state index contributed by atoms with van der Waals surface area (Å²) in [5.41, 5.74) is 2.63. The van der Waals surface area contributed by atoms with Gasteiger partial charge >= 0.3 is 5.97 Å². The molecule has 1 amide bonds. The molecule has 31 heavy (non-hydrogen) atoms. The minimum absolute atomic E-state index is 0.176. The molecule has 0 aliphatic rings. The minimum atomic E-state index is -0.536. The van der Waals surface area contributed by atoms with Gasteiger partial charge in [0.2, 0.25) is 0 Å². The average molecular weight is 454 g/mol. The number of carbonyl (C=O) groups excluding carboxylic acids is 2. The number of hydrogen-bond donors (Lipinski definition) is 1. The first kappa shape index (κ1) is 21.1. The van der Waals surface area contributed by atoms with Gasteiger partial charge in [-0.3, -0.25) is 4.79 Å². The van der Waals surface area contributed by atoms with Crippen molar-refractivity contribution in [1.29, 1.82) is 0 Å². The van der Waals surface area contributed by atoms with Gasteiger partial charge in [0.1, 0.15) is 9.71 Å². The lowest BCUT2D eigenvalue weighted by Crippen LogP contribution is -2.31. The summed E-state index contributed by atoms with van der Waals surface area (Å²) >= 11 is 7.25. The van der Waals surface area contributed by atoms with E-state index in [-0.39, 0.29) is 18.6 Å². The molecule has 4 aromatic rings. The standard InChI is InChI=1S/C23H20ClN3O3S/c1-14(16-6-4-3-5-7-16)25-21(28)13-30-23(29)20-12-19-15(2)26-27(22(19)31-20)18-10-8-17(24)9-11-18/h3-12,14H,13H2,1-2H3,(H,25,28)/t14-/m0/s1. The van der Waals surface area contributed by atoms with Crippen LogP contribution in [0.5, 0.6) is 0 Å². The Hall–Kier alpha value is -3.16. The van der Waals surface area contributed by atoms with Crippen LogP contribution in [0, 0.1) is 6.92 Å². The van der Waals surface area contributed by atoms with Gasteiger partial charge in [0.25, 0.3) is 5.91 Å². The van der Waals surface area contributed by atoms with Crippen molar-refractivity contribution in [3.05, 3.63) is 81.8 Å². The molecule has 0 bridgehead atoms. The second-order valence-corrected chi connectivity index (χ2v) is 8.55. The first-order chi connectivity index (χ1) is 14.9. The number of benzene rings is 2. The van der Waals surface area contributed by atoms with E-state index in [0.717, 1.165) is 27.2 Å². The number of hydrogen-bond acceptors (Lipinski definition) is 5. The van der Waals surface area contributed by atoms with E-state index in [1.54, 1.807) is 22.9 Å². The molecule has 0 saturated carbocycles. The van der Waals surface area contributed by atoms with Gasteiger partial charge in [0.15, 0.2) is 6.61 Å². The van der Waals surface area contributed by atoms with E-state index in [9.17, 15) is 9.59 Å². The van der Waals surface area contributed by atoms with Gasteiger partial charge < -0.3 is 10.1 Å². The Balaban J connectivity index is 1.44. The van der Waals surface area contributed by atoms with Gasteiger partial charge in [0.05, 0.1) is 17.4 Å². The Morgan fingerprint density at radius 3 is 2.58 bits per heavy atom. The molecule has 4 rings (SSSR count). The Morgan fingerprint density at radius 2 is 1.87 bits per heavy atom. The summed E-state index contributed by atoms with van der Waals surface area (Å²) in [5, 5.41) is 8.89. The van der Waals surface area contributed by atoms with Gasteiger partial charge in [-0.15, -0.1) is 11.3 Å². The smallest absolute Gasteiger partial charge is 0.348 e. The Kier molecular flexibility index (Phi) is 6.06. The molecule has 0 aliphatic heterocycles. The van der Waals surface area contributed by atoms with Gasteiger partial charge in [-0.05, 0) is 49.7 Å². The average Bonchev–Trinajstić information content (AvgIpc) is 3.34. The van der Waals surface area contributed by atoms with Gasteiger partial charge in [-0.25, -0.2) is 9.48 Å². The number of amides is 1. The Morgan fingerprint density at radius 1 is 1.16 bits per heavy atom. The maximum Gasteiger partial charge on any atom is 0.348 e. The predicted octanol–water partition coefficient (Wildman–Crippen LogP) is 5.08. The van der Waals surface area contributed by atoms with E-state index in [2.05, 4.69) is 10.4 Å². The largest absolute Gasteiger partial charge is 0.451 e. The molecule has 2 heterocycles. The summed E-state index contributed by atoms with van der Waals surface area (Å²) in [6.45, 7) is 3.42. The number of fused-ring (bicyclic) bond motifs is 1. The molecule has 0 aliphatic carbocycles. The summed E-state index contributed by atoms with van der Waals surface area (Å²) in [5.74, 6) is -0.889. The van der Waals surface area contributed by atoms with Crippen molar-refractivity contribution in [2.75, 3.05) is 6.61 Å². The van der Waals surface area contributed by atoms with Gasteiger partial charge in [-0.2, -0.15) is 5.10 Å². The lowest BCUT2D eigenvalue weighted by molar-refractivity contribution is -0.124. The number of esters is 1. The molecule has 0 saturated heterocycles. The van der Waals surface area contributed by atoms with Crippen molar-refractivity contribution in [3.63, 3.8) is 0 Å². The third kappa shape index (κ3) is 4.62. The lowest BCUT2D eigenvalue weighted by Gasteiger charge is -2.14. The summed E-state index contributed by atoms with van der Waals surface area (Å²) < 4.78 is 7.01. The zero-order valence-electron chi connectivity index (χ0n) is 17.0. The van der Waals surface area contributed by atoms with Crippen molar-refractivity contribution in [2.45, 2.75) is 19.9 Å². The zero-order valence-corrected chi connectivity index (χ0v) is 18.5. The lowest BCUT2D eigenvalue weighted by atomic mass is 10.1. The normalized spacial score (nSPS) is 12.0. The molecule has 0 unspecified atom stereocenters. The van der Waals surface area contributed by atoms with Crippen molar-refractivity contribution in [2.24, 2.45) is 0 Å². The molecule has 2 aromatic heterocycles. The molecular formula is C23H20ClN3O3S. The minimum Gasteiger partial charge on any atom is -0.451 e. The van der Waals surface area contributed by atoms with Crippen molar-refractivity contribution < 1.29 is 14.3 Å². The van der Waals surface area contributed by atoms with E-state index in [1.807, 2.05) is 56.3 Å². The number of thiophene rings is 1. The highest BCUT2D eigenvalue weighted by Gasteiger charge is 2.19. The van der Waals surface area contributed by atoms with Gasteiger partial charge in [0, 0.05) is 10.4 Å². The third-order valence-corrected chi connectivity index (χ3v) is 6.17. The number of nitrogens with one attached hydrogen (secondary N) is 1. The number of carbonyl (C=O) groups is 2. The Labute approximate surface area is 188 Å². The summed E-state index contributed by atoms with van der Waals surface area (Å²) in [4.78, 5) is 26.0. The quantitative estimate of drug-likeness (QED) is 0.413. The number of aryl methyl sites for hydroxylation is 1. The fourth-order valence-corrected chi connectivity index (χ4v) is 4.42. The summed E-state index contributed by atoms with van der Waals surface area (Å²) in [7, 11) is 0. The van der Waals surface area contributed by atoms with Crippen molar-refractivity contribution in [1.82, 2.24) is 15.1 Å². The highest BCUT2D eigenvalue weighted by atomic mass is 35.5. The van der Waals surface area contributed by atoms with E-state index in [0.29, 0.717) is 9.90 Å². The van der Waals surface area contributed by atoms with Crippen LogP contribution in [0.15, 0.2) is 60.7 Å². The van der Waals surface area contributed by atoms with Crippen LogP contribution < -0.4 is 5.32 Å². The molecular weight excluding hydrogens is 434 g/mol. The van der Waals surface area contributed by atoms with Gasteiger partial charge in [-0.1, -0.05) is 41.9 Å². The van der Waals surface area contributed by atoms with Crippen LogP contribution in [0.4, 0.5) is 0 Å². The molecule has 2 aromatic carbocycles. The first-order valence-corrected chi connectivity index (χ1v) is 10.9. The highest BCUT2D eigenvalue weighted by Crippen LogP contribution is 2.31. The van der Waals surface area contributed by atoms with Crippen LogP contribution in [-0.4, -0.2) is 28.3 Å². The van der Waals surface area contributed by atoms with Crippen LogP contribution >= 0.6 is 22.9 Å². The van der Waals surface area contributed by atoms with Crippen LogP contribution in [0.1, 0.15) is 33.9 Å². The molecule has 0 radical (unpaired) electrons. The van der Waals surface area contributed by atoms with E-state index < -0.39 is 5.97 Å². The third-order valence-electron chi connectivity index (χ3n) is 4.83. The fraction of sp³-hybridized carbons (Fsp3) is 0.174. The first-order valence-electron chi connectivity index (χ1n) is 9.69. The maximum absolute atomic E-state index is 12.5. The molecule has 1 atom stereocenters. The second-order valence-electron chi connectivity index (χ2n) is 7.08. The molecule has 1 N–H and O–H groups in total. The number of ether oxygens (including phenoxy) is 1. The van der Waals surface area contributed by atoms with Crippen LogP contribution in [0.2, 0.25) is 5.02 Å². The number of nitrogens with zero attached hydrogens (tertiary/aromatic N) is 2. The monoisotopic (exact) mass is 453 g/mol. The molecule has 158 valence electrons. The van der Waals surface area contributed by atoms with E-state index in [4.69, 9.17) is 16.3 Å². The van der Waals surface area contributed by atoms with Crippen LogP contribution in [0.3, 0.4) is 0 Å². The maximum atomic E-state index is 12.5. The fourth-order valence-electron chi connectivity index (χ4n) is 3.22. The van der Waals surface area contributed by atoms with Crippen molar-refractivity contribution in [3.8, 4) is 5.69 Å². The Bertz CT molecular complexity index is 1230. The van der Waals surface area contributed by atoms with E-state index in [1.165, 1.54) is 11.3 Å². The predicted molar refractivity (Wildman–Crippen MR) is 122 cm³/mol. The zero-order chi connectivity index (χ0) is 22.0. The molecule has 6 nitrogen and oxygen atoms in total. The van der Waals surface area contributed by atoms with Crippen molar-refractivity contribution >= 4 is 45.0 Å². The highest BCUT2D eigenvalue weighted by molar-refractivity contribution is 7.20.